The normalized spacial score (nSPS) is 15.8. The van der Waals surface area contributed by atoms with Crippen LogP contribution in [0.4, 0.5) is 5.69 Å². The molecule has 1 fully saturated rings. The van der Waals surface area contributed by atoms with E-state index in [0.29, 0.717) is 18.9 Å². The van der Waals surface area contributed by atoms with E-state index < -0.39 is 0 Å². The molecule has 0 aliphatic carbocycles. The summed E-state index contributed by atoms with van der Waals surface area (Å²) in [5.41, 5.74) is 1.19. The van der Waals surface area contributed by atoms with E-state index in [9.17, 15) is 9.59 Å². The fraction of sp³-hybridized carbons (Fsp3) is 0.591. The molecule has 0 radical (unpaired) electrons. The van der Waals surface area contributed by atoms with Crippen molar-refractivity contribution in [2.24, 2.45) is 4.99 Å². The van der Waals surface area contributed by atoms with Gasteiger partial charge in [-0.05, 0) is 25.0 Å². The topological polar surface area (TPSA) is 80.3 Å². The van der Waals surface area contributed by atoms with Crippen LogP contribution in [0.1, 0.15) is 26.2 Å². The number of nitrogens with one attached hydrogen (secondary N) is 2. The zero-order chi connectivity index (χ0) is 21.9. The first-order chi connectivity index (χ1) is 14.4. The third-order valence-electron chi connectivity index (χ3n) is 5.22. The molecule has 2 amide bonds. The number of carbonyl (C=O) groups is 2. The van der Waals surface area contributed by atoms with Gasteiger partial charge in [-0.25, -0.2) is 4.99 Å². The number of hydrogen-bond donors (Lipinski definition) is 2. The van der Waals surface area contributed by atoms with Crippen LogP contribution < -0.4 is 15.5 Å². The predicted molar refractivity (Wildman–Crippen MR) is 137 cm³/mol. The third-order valence-corrected chi connectivity index (χ3v) is 5.22. The lowest BCUT2D eigenvalue weighted by Crippen LogP contribution is -2.46. The lowest BCUT2D eigenvalue weighted by molar-refractivity contribution is -0.130. The van der Waals surface area contributed by atoms with E-state index in [2.05, 4.69) is 39.7 Å². The van der Waals surface area contributed by atoms with E-state index in [1.165, 1.54) is 10.6 Å². The first kappa shape index (κ1) is 27.0. The van der Waals surface area contributed by atoms with Gasteiger partial charge in [-0.3, -0.25) is 9.59 Å². The molecule has 0 saturated carbocycles. The molecule has 0 aromatic heterocycles. The number of hydrogen-bond acceptors (Lipinski definition) is 4. The zero-order valence-electron chi connectivity index (χ0n) is 19.1. The highest BCUT2D eigenvalue weighted by Gasteiger charge is 2.25. The van der Waals surface area contributed by atoms with Crippen molar-refractivity contribution < 1.29 is 9.59 Å². The van der Waals surface area contributed by atoms with Gasteiger partial charge in [0.2, 0.25) is 11.8 Å². The summed E-state index contributed by atoms with van der Waals surface area (Å²) in [6.07, 6.45) is 2.34. The summed E-state index contributed by atoms with van der Waals surface area (Å²) in [5, 5.41) is 6.74. The number of nitrogens with zero attached hydrogens (tertiary/aromatic N) is 4. The zero-order valence-corrected chi connectivity index (χ0v) is 21.5. The van der Waals surface area contributed by atoms with E-state index in [-0.39, 0.29) is 48.4 Å². The van der Waals surface area contributed by atoms with E-state index in [4.69, 9.17) is 0 Å². The van der Waals surface area contributed by atoms with E-state index in [1.807, 2.05) is 30.0 Å². The molecule has 2 N–H and O–H groups in total. The van der Waals surface area contributed by atoms with Crippen LogP contribution in [0.25, 0.3) is 0 Å². The van der Waals surface area contributed by atoms with Gasteiger partial charge in [0, 0.05) is 65.5 Å². The summed E-state index contributed by atoms with van der Waals surface area (Å²) < 4.78 is 0. The minimum absolute atomic E-state index is 0. The van der Waals surface area contributed by atoms with Gasteiger partial charge in [-0.2, -0.15) is 0 Å². The summed E-state index contributed by atoms with van der Waals surface area (Å²) in [7, 11) is 5.53. The Labute approximate surface area is 203 Å². The van der Waals surface area contributed by atoms with E-state index in [0.717, 1.165) is 32.5 Å². The summed E-state index contributed by atoms with van der Waals surface area (Å²) in [4.78, 5) is 34.0. The van der Waals surface area contributed by atoms with E-state index >= 15 is 0 Å². The SMILES string of the molecule is CCC(=O)N1CCC(NC(=NCC(=O)N(C)C)NCCCN(C)c2ccccc2)C1.I. The van der Waals surface area contributed by atoms with Crippen LogP contribution in [-0.2, 0) is 9.59 Å². The number of rotatable bonds is 9. The Kier molecular flexibility index (Phi) is 12.3. The maximum absolute atomic E-state index is 11.9. The quantitative estimate of drug-likeness (QED) is 0.215. The van der Waals surface area contributed by atoms with Crippen molar-refractivity contribution in [3.05, 3.63) is 30.3 Å². The van der Waals surface area contributed by atoms with Gasteiger partial charge >= 0.3 is 0 Å². The van der Waals surface area contributed by atoms with Crippen molar-refractivity contribution >= 4 is 47.4 Å². The fourth-order valence-corrected chi connectivity index (χ4v) is 3.30. The third kappa shape index (κ3) is 9.32. The van der Waals surface area contributed by atoms with Crippen molar-refractivity contribution in [3.8, 4) is 0 Å². The Morgan fingerprint density at radius 1 is 1.19 bits per heavy atom. The van der Waals surface area contributed by atoms with Gasteiger partial charge < -0.3 is 25.3 Å². The number of anilines is 1. The molecule has 174 valence electrons. The number of benzene rings is 1. The highest BCUT2D eigenvalue weighted by atomic mass is 127. The van der Waals surface area contributed by atoms with Crippen molar-refractivity contribution in [3.63, 3.8) is 0 Å². The number of para-hydroxylation sites is 1. The number of halogens is 1. The largest absolute Gasteiger partial charge is 0.375 e. The molecule has 0 spiro atoms. The molecule has 1 aliphatic heterocycles. The summed E-state index contributed by atoms with van der Waals surface area (Å²) in [5.74, 6) is 0.759. The van der Waals surface area contributed by atoms with Crippen LogP contribution in [0.3, 0.4) is 0 Å². The van der Waals surface area contributed by atoms with E-state index in [1.54, 1.807) is 14.1 Å². The first-order valence-electron chi connectivity index (χ1n) is 10.7. The summed E-state index contributed by atoms with van der Waals surface area (Å²) >= 11 is 0. The van der Waals surface area contributed by atoms with Crippen LogP contribution in [0.2, 0.25) is 0 Å². The van der Waals surface area contributed by atoms with Crippen molar-refractivity contribution in [2.75, 3.05) is 58.8 Å². The Bertz CT molecular complexity index is 713. The molecule has 1 aromatic carbocycles. The second kappa shape index (κ2) is 14.1. The smallest absolute Gasteiger partial charge is 0.243 e. The molecule has 8 nitrogen and oxygen atoms in total. The molecule has 1 saturated heterocycles. The van der Waals surface area contributed by atoms with Crippen LogP contribution in [0, 0.1) is 0 Å². The molecule has 1 atom stereocenters. The van der Waals surface area contributed by atoms with Crippen LogP contribution in [0.15, 0.2) is 35.3 Å². The summed E-state index contributed by atoms with van der Waals surface area (Å²) in [6.45, 7) is 5.06. The van der Waals surface area contributed by atoms with Crippen LogP contribution in [-0.4, -0.2) is 87.5 Å². The molecule has 9 heteroatoms. The maximum atomic E-state index is 11.9. The molecule has 1 aromatic rings. The molecular formula is C22H37IN6O2. The number of amides is 2. The van der Waals surface area contributed by atoms with Gasteiger partial charge in [0.15, 0.2) is 5.96 Å². The van der Waals surface area contributed by atoms with Crippen molar-refractivity contribution in [1.82, 2.24) is 20.4 Å². The number of likely N-dealkylation sites (tertiary alicyclic amines) is 1. The van der Waals surface area contributed by atoms with Crippen molar-refractivity contribution in [2.45, 2.75) is 32.2 Å². The van der Waals surface area contributed by atoms with Crippen LogP contribution in [0.5, 0.6) is 0 Å². The molecular weight excluding hydrogens is 507 g/mol. The molecule has 0 bridgehead atoms. The standard InChI is InChI=1S/C22H36N6O2.HI/c1-5-20(29)28-15-12-18(17-28)25-22(24-16-21(30)26(2)3)23-13-9-14-27(4)19-10-7-6-8-11-19;/h6-8,10-11,18H,5,9,12-17H2,1-4H3,(H2,23,24,25);1H. The highest BCUT2D eigenvalue weighted by Crippen LogP contribution is 2.11. The molecule has 1 heterocycles. The average molecular weight is 544 g/mol. The van der Waals surface area contributed by atoms with Gasteiger partial charge in [-0.15, -0.1) is 24.0 Å². The number of aliphatic imine (C=N–C) groups is 1. The Morgan fingerprint density at radius 2 is 1.90 bits per heavy atom. The Hall–Kier alpha value is -2.04. The average Bonchev–Trinajstić information content (AvgIpc) is 3.22. The van der Waals surface area contributed by atoms with Gasteiger partial charge in [0.25, 0.3) is 0 Å². The Balaban J connectivity index is 0.00000480. The number of carbonyl (C=O) groups excluding carboxylic acids is 2. The Morgan fingerprint density at radius 3 is 2.55 bits per heavy atom. The van der Waals surface area contributed by atoms with Crippen molar-refractivity contribution in [1.29, 1.82) is 0 Å². The van der Waals surface area contributed by atoms with Gasteiger partial charge in [0.1, 0.15) is 6.54 Å². The second-order valence-corrected chi connectivity index (χ2v) is 7.81. The number of guanidine groups is 1. The lowest BCUT2D eigenvalue weighted by Gasteiger charge is -2.21. The molecule has 1 aliphatic rings. The molecule has 2 rings (SSSR count). The lowest BCUT2D eigenvalue weighted by atomic mass is 10.2. The minimum atomic E-state index is -0.0471. The fourth-order valence-electron chi connectivity index (χ4n) is 3.30. The number of likely N-dealkylation sites (N-methyl/N-ethyl adjacent to an activating group) is 1. The van der Waals surface area contributed by atoms with Crippen LogP contribution >= 0.6 is 24.0 Å². The summed E-state index contributed by atoms with van der Waals surface area (Å²) in [6, 6.07) is 10.4. The molecule has 31 heavy (non-hydrogen) atoms. The minimum Gasteiger partial charge on any atom is -0.375 e. The molecule has 1 unspecified atom stereocenters. The van der Waals surface area contributed by atoms with Gasteiger partial charge in [-0.1, -0.05) is 25.1 Å². The second-order valence-electron chi connectivity index (χ2n) is 7.81. The highest BCUT2D eigenvalue weighted by molar-refractivity contribution is 14.0. The monoisotopic (exact) mass is 544 g/mol. The maximum Gasteiger partial charge on any atom is 0.243 e. The first-order valence-corrected chi connectivity index (χ1v) is 10.7. The van der Waals surface area contributed by atoms with Gasteiger partial charge in [0.05, 0.1) is 0 Å². The predicted octanol–water partition coefficient (Wildman–Crippen LogP) is 1.77.